The normalized spacial score (nSPS) is 18.5. The van der Waals surface area contributed by atoms with Crippen LogP contribution in [0.5, 0.6) is 6.01 Å². The zero-order valence-electron chi connectivity index (χ0n) is 21.6. The Balaban J connectivity index is 1.42. The van der Waals surface area contributed by atoms with Crippen LogP contribution in [0.15, 0.2) is 42.6 Å². The van der Waals surface area contributed by atoms with Crippen LogP contribution in [-0.4, -0.2) is 54.2 Å². The molecule has 2 aliphatic rings. The molecule has 0 radical (unpaired) electrons. The summed E-state index contributed by atoms with van der Waals surface area (Å²) in [5.74, 6) is 0.0396. The van der Waals surface area contributed by atoms with E-state index in [9.17, 15) is 5.26 Å². The van der Waals surface area contributed by atoms with Gasteiger partial charge in [0, 0.05) is 13.2 Å². The Morgan fingerprint density at radius 1 is 1.23 bits per heavy atom. The number of halogens is 2. The van der Waals surface area contributed by atoms with Gasteiger partial charge in [-0.2, -0.15) is 0 Å². The van der Waals surface area contributed by atoms with E-state index in [1.165, 1.54) is 0 Å². The fraction of sp³-hybridized carbons (Fsp3) is 0.276. The number of piperazine rings is 1. The number of ether oxygens (including phenoxy) is 1. The summed E-state index contributed by atoms with van der Waals surface area (Å²) < 4.78 is 26.2. The van der Waals surface area contributed by atoms with Crippen molar-refractivity contribution in [1.29, 1.82) is 5.26 Å². The molecule has 2 fully saturated rings. The number of hydrogen-bond acceptors (Lipinski definition) is 7. The van der Waals surface area contributed by atoms with Crippen LogP contribution in [0.2, 0.25) is 5.02 Å². The van der Waals surface area contributed by atoms with Crippen molar-refractivity contribution in [3.05, 3.63) is 64.7 Å². The SMILES string of the molecule is Cn1cccc1COc1nc(N2C[C@H]3CC[C@@H](C2)N3)c2cc(Cl)c(-c3cccc4[se]c(N)c(C#N)c34)c(F)c2n1. The van der Waals surface area contributed by atoms with Gasteiger partial charge in [-0.1, -0.05) is 0 Å². The van der Waals surface area contributed by atoms with E-state index in [-0.39, 0.29) is 43.2 Å². The van der Waals surface area contributed by atoms with Gasteiger partial charge in [-0.3, -0.25) is 0 Å². The molecule has 5 heterocycles. The van der Waals surface area contributed by atoms with Crippen molar-refractivity contribution >= 4 is 57.0 Å². The minimum absolute atomic E-state index is 0.102. The van der Waals surface area contributed by atoms with Crippen LogP contribution in [0.1, 0.15) is 24.1 Å². The van der Waals surface area contributed by atoms with Gasteiger partial charge in [0.1, 0.15) is 0 Å². The molecule has 40 heavy (non-hydrogen) atoms. The van der Waals surface area contributed by atoms with Gasteiger partial charge in [0.2, 0.25) is 0 Å². The van der Waals surface area contributed by atoms with Crippen molar-refractivity contribution in [2.24, 2.45) is 7.05 Å². The molecule has 2 saturated heterocycles. The third kappa shape index (κ3) is 4.13. The summed E-state index contributed by atoms with van der Waals surface area (Å²) in [4.78, 5) is 11.6. The number of anilines is 2. The van der Waals surface area contributed by atoms with E-state index in [1.807, 2.05) is 42.1 Å². The van der Waals surface area contributed by atoms with E-state index in [1.54, 1.807) is 12.1 Å². The van der Waals surface area contributed by atoms with E-state index >= 15 is 4.39 Å². The number of nitrogens with two attached hydrogens (primary N) is 1. The summed E-state index contributed by atoms with van der Waals surface area (Å²) in [6, 6.07) is 14.2. The van der Waals surface area contributed by atoms with Gasteiger partial charge in [0.25, 0.3) is 0 Å². The van der Waals surface area contributed by atoms with E-state index in [0.717, 1.165) is 35.9 Å². The van der Waals surface area contributed by atoms with Crippen LogP contribution in [0.4, 0.5) is 14.8 Å². The molecule has 2 aliphatic heterocycles. The topological polar surface area (TPSA) is 105 Å². The fourth-order valence-corrected chi connectivity index (χ4v) is 8.23. The number of rotatable bonds is 5. The predicted molar refractivity (Wildman–Crippen MR) is 155 cm³/mol. The summed E-state index contributed by atoms with van der Waals surface area (Å²) in [6.45, 7) is 1.75. The van der Waals surface area contributed by atoms with Crippen LogP contribution in [0, 0.1) is 17.1 Å². The zero-order chi connectivity index (χ0) is 27.5. The molecule has 7 rings (SSSR count). The first-order valence-corrected chi connectivity index (χ1v) is 15.2. The number of fused-ring (bicyclic) bond motifs is 4. The average molecular weight is 621 g/mol. The van der Waals surface area contributed by atoms with E-state index < -0.39 is 5.82 Å². The summed E-state index contributed by atoms with van der Waals surface area (Å²) >= 11 is 6.65. The Labute approximate surface area is 240 Å². The van der Waals surface area contributed by atoms with Crippen LogP contribution in [0.3, 0.4) is 0 Å². The van der Waals surface area contributed by atoms with Gasteiger partial charge in [0.15, 0.2) is 0 Å². The fourth-order valence-electron chi connectivity index (χ4n) is 5.95. The first-order chi connectivity index (χ1) is 19.4. The maximum absolute atomic E-state index is 16.7. The Kier molecular flexibility index (Phi) is 6.21. The number of nitriles is 1. The molecule has 3 N–H and O–H groups in total. The molecule has 5 aromatic rings. The van der Waals surface area contributed by atoms with Gasteiger partial charge in [-0.25, -0.2) is 0 Å². The van der Waals surface area contributed by atoms with Crippen molar-refractivity contribution in [3.63, 3.8) is 0 Å². The summed E-state index contributed by atoms with van der Waals surface area (Å²) in [7, 11) is 1.94. The van der Waals surface area contributed by atoms with Crippen LogP contribution >= 0.6 is 11.6 Å². The second-order valence-corrected chi connectivity index (χ2v) is 13.0. The second-order valence-electron chi connectivity index (χ2n) is 10.3. The quantitative estimate of drug-likeness (QED) is 0.277. The van der Waals surface area contributed by atoms with Gasteiger partial charge in [0.05, 0.1) is 0 Å². The maximum atomic E-state index is 16.7. The number of nitrogens with one attached hydrogen (secondary N) is 1. The molecule has 3 aromatic heterocycles. The van der Waals surface area contributed by atoms with Gasteiger partial charge < -0.3 is 0 Å². The first kappa shape index (κ1) is 25.4. The molecular weight excluding hydrogens is 596 g/mol. The zero-order valence-corrected chi connectivity index (χ0v) is 24.1. The summed E-state index contributed by atoms with van der Waals surface area (Å²) in [6.07, 6.45) is 4.13. The predicted octanol–water partition coefficient (Wildman–Crippen LogP) is 4.61. The van der Waals surface area contributed by atoms with E-state index in [2.05, 4.69) is 21.3 Å². The molecule has 2 atom stereocenters. The van der Waals surface area contributed by atoms with Gasteiger partial charge >= 0.3 is 222 Å². The molecule has 8 nitrogen and oxygen atoms in total. The molecule has 202 valence electrons. The Morgan fingerprint density at radius 3 is 2.75 bits per heavy atom. The summed E-state index contributed by atoms with van der Waals surface area (Å²) in [5.41, 5.74) is 8.38. The molecular formula is C29H25ClFN7OSe. The van der Waals surface area contributed by atoms with E-state index in [4.69, 9.17) is 27.1 Å². The van der Waals surface area contributed by atoms with Crippen LogP contribution < -0.4 is 20.7 Å². The number of hydrogen-bond donors (Lipinski definition) is 2. The molecule has 2 aromatic carbocycles. The number of nitrogen functional groups attached to an aromatic ring is 1. The first-order valence-electron chi connectivity index (χ1n) is 13.1. The molecule has 0 spiro atoms. The van der Waals surface area contributed by atoms with Gasteiger partial charge in [-0.15, -0.1) is 0 Å². The molecule has 0 saturated carbocycles. The Bertz CT molecular complexity index is 1830. The van der Waals surface area contributed by atoms with Crippen LogP contribution in [0.25, 0.3) is 31.7 Å². The number of aryl methyl sites for hydroxylation is 1. The van der Waals surface area contributed by atoms with Crippen molar-refractivity contribution in [2.45, 2.75) is 31.5 Å². The van der Waals surface area contributed by atoms with Crippen LogP contribution in [-0.2, 0) is 13.7 Å². The third-order valence-corrected chi connectivity index (χ3v) is 10.2. The van der Waals surface area contributed by atoms with Gasteiger partial charge in [-0.05, 0) is 6.07 Å². The monoisotopic (exact) mass is 621 g/mol. The summed E-state index contributed by atoms with van der Waals surface area (Å²) in [5, 5.41) is 14.9. The molecule has 11 heteroatoms. The van der Waals surface area contributed by atoms with Crippen molar-refractivity contribution < 1.29 is 9.13 Å². The number of nitrogens with zero attached hydrogens (tertiary/aromatic N) is 5. The molecule has 0 unspecified atom stereocenters. The molecule has 0 aliphatic carbocycles. The Morgan fingerprint density at radius 2 is 2.02 bits per heavy atom. The standard InChI is InChI=1S/C29H25ClFN7OSe/c1-37-9-3-4-17(37)14-39-29-35-26-19(28(36-29)38-12-15-7-8-16(13-38)34-15)10-21(30)24(25(26)31)18-5-2-6-22-23(18)20(11-32)27(33)40-22/h2-6,9-10,15-16,34H,7-8,12-14,33H2,1H3/t15-,16+. The Hall–Kier alpha value is -3.61. The third-order valence-electron chi connectivity index (χ3n) is 7.88. The average Bonchev–Trinajstić information content (AvgIpc) is 3.62. The molecule has 2 bridgehead atoms. The van der Waals surface area contributed by atoms with Crippen molar-refractivity contribution in [3.8, 4) is 23.2 Å². The second kappa shape index (κ2) is 9.79. The number of benzene rings is 2. The van der Waals surface area contributed by atoms with Crippen molar-refractivity contribution in [2.75, 3.05) is 23.7 Å². The minimum atomic E-state index is -0.573. The molecule has 0 amide bonds. The van der Waals surface area contributed by atoms with Crippen molar-refractivity contribution in [1.82, 2.24) is 19.9 Å². The number of aromatic nitrogens is 3. The van der Waals surface area contributed by atoms with E-state index in [0.29, 0.717) is 44.4 Å².